The SMILES string of the molecule is CCC(C)NC(=O)C1CC(=O)N(c2cc(Cl)ccc2Cl)C1. The lowest BCUT2D eigenvalue weighted by Crippen LogP contribution is -2.38. The second kappa shape index (κ2) is 6.67. The summed E-state index contributed by atoms with van der Waals surface area (Å²) in [7, 11) is 0. The summed E-state index contributed by atoms with van der Waals surface area (Å²) in [4.78, 5) is 25.8. The minimum absolute atomic E-state index is 0.0849. The Morgan fingerprint density at radius 3 is 2.86 bits per heavy atom. The lowest BCUT2D eigenvalue weighted by Gasteiger charge is -2.19. The maximum Gasteiger partial charge on any atom is 0.227 e. The molecule has 0 bridgehead atoms. The van der Waals surface area contributed by atoms with Crippen molar-refractivity contribution in [2.75, 3.05) is 11.4 Å². The average Bonchev–Trinajstić information content (AvgIpc) is 2.83. The van der Waals surface area contributed by atoms with Crippen LogP contribution in [0.3, 0.4) is 0 Å². The lowest BCUT2D eigenvalue weighted by atomic mass is 10.1. The first kappa shape index (κ1) is 16.1. The van der Waals surface area contributed by atoms with E-state index in [4.69, 9.17) is 23.2 Å². The maximum absolute atomic E-state index is 12.2. The lowest BCUT2D eigenvalue weighted by molar-refractivity contribution is -0.126. The monoisotopic (exact) mass is 328 g/mol. The Labute approximate surface area is 134 Å². The molecule has 0 aromatic heterocycles. The van der Waals surface area contributed by atoms with Gasteiger partial charge in [-0.15, -0.1) is 0 Å². The van der Waals surface area contributed by atoms with Crippen LogP contribution in [0.5, 0.6) is 0 Å². The van der Waals surface area contributed by atoms with Crippen molar-refractivity contribution < 1.29 is 9.59 Å². The molecule has 2 atom stereocenters. The zero-order valence-electron chi connectivity index (χ0n) is 12.0. The molecular formula is C15H18Cl2N2O2. The number of amides is 2. The number of rotatable bonds is 4. The third-order valence-corrected chi connectivity index (χ3v) is 4.25. The van der Waals surface area contributed by atoms with E-state index >= 15 is 0 Å². The summed E-state index contributed by atoms with van der Waals surface area (Å²) in [6, 6.07) is 5.08. The van der Waals surface area contributed by atoms with Gasteiger partial charge in [0.25, 0.3) is 0 Å². The van der Waals surface area contributed by atoms with Crippen LogP contribution in [0.2, 0.25) is 10.0 Å². The van der Waals surface area contributed by atoms with Crippen molar-refractivity contribution in [3.05, 3.63) is 28.2 Å². The minimum Gasteiger partial charge on any atom is -0.353 e. The topological polar surface area (TPSA) is 49.4 Å². The van der Waals surface area contributed by atoms with Crippen LogP contribution in [-0.4, -0.2) is 24.4 Å². The second-order valence-corrected chi connectivity index (χ2v) is 6.16. The van der Waals surface area contributed by atoms with Crippen molar-refractivity contribution in [2.24, 2.45) is 5.92 Å². The summed E-state index contributed by atoms with van der Waals surface area (Å²) in [5, 5.41) is 3.88. The Bertz CT molecular complexity index is 563. The highest BCUT2D eigenvalue weighted by atomic mass is 35.5. The van der Waals surface area contributed by atoms with E-state index in [1.165, 1.54) is 4.90 Å². The highest BCUT2D eigenvalue weighted by Crippen LogP contribution is 2.33. The molecule has 0 saturated carbocycles. The fourth-order valence-corrected chi connectivity index (χ4v) is 2.66. The van der Waals surface area contributed by atoms with Gasteiger partial charge in [0, 0.05) is 24.0 Å². The highest BCUT2D eigenvalue weighted by molar-refractivity contribution is 6.35. The van der Waals surface area contributed by atoms with Gasteiger partial charge >= 0.3 is 0 Å². The van der Waals surface area contributed by atoms with Crippen LogP contribution < -0.4 is 10.2 Å². The molecule has 2 amide bonds. The number of hydrogen-bond donors (Lipinski definition) is 1. The van der Waals surface area contributed by atoms with Crippen molar-refractivity contribution in [3.8, 4) is 0 Å². The summed E-state index contributed by atoms with van der Waals surface area (Å²) < 4.78 is 0. The molecule has 0 radical (unpaired) electrons. The van der Waals surface area contributed by atoms with Gasteiger partial charge in [0.05, 0.1) is 16.6 Å². The number of anilines is 1. The summed E-state index contributed by atoms with van der Waals surface area (Å²) in [6.07, 6.45) is 1.06. The van der Waals surface area contributed by atoms with E-state index in [1.54, 1.807) is 18.2 Å². The van der Waals surface area contributed by atoms with Gasteiger partial charge in [0.2, 0.25) is 11.8 Å². The van der Waals surface area contributed by atoms with Crippen molar-refractivity contribution in [1.29, 1.82) is 0 Å². The van der Waals surface area contributed by atoms with Crippen LogP contribution in [0.1, 0.15) is 26.7 Å². The Hall–Kier alpha value is -1.26. The van der Waals surface area contributed by atoms with Gasteiger partial charge in [0.1, 0.15) is 0 Å². The number of nitrogens with zero attached hydrogens (tertiary/aromatic N) is 1. The van der Waals surface area contributed by atoms with Crippen molar-refractivity contribution in [2.45, 2.75) is 32.7 Å². The number of hydrogen-bond acceptors (Lipinski definition) is 2. The van der Waals surface area contributed by atoms with E-state index in [1.807, 2.05) is 13.8 Å². The fraction of sp³-hybridized carbons (Fsp3) is 0.467. The van der Waals surface area contributed by atoms with E-state index in [-0.39, 0.29) is 30.2 Å². The molecule has 1 saturated heterocycles. The molecule has 1 aliphatic rings. The largest absolute Gasteiger partial charge is 0.353 e. The van der Waals surface area contributed by atoms with Crippen LogP contribution in [0, 0.1) is 5.92 Å². The average molecular weight is 329 g/mol. The molecule has 4 nitrogen and oxygen atoms in total. The van der Waals surface area contributed by atoms with Crippen LogP contribution >= 0.6 is 23.2 Å². The van der Waals surface area contributed by atoms with E-state index in [2.05, 4.69) is 5.32 Å². The summed E-state index contributed by atoms with van der Waals surface area (Å²) in [6.45, 7) is 4.28. The number of carbonyl (C=O) groups is 2. The number of benzene rings is 1. The molecule has 1 N–H and O–H groups in total. The number of halogens is 2. The predicted molar refractivity (Wildman–Crippen MR) is 84.8 cm³/mol. The Kier molecular flexibility index (Phi) is 5.12. The molecule has 2 unspecified atom stereocenters. The van der Waals surface area contributed by atoms with Crippen LogP contribution in [0.25, 0.3) is 0 Å². The Morgan fingerprint density at radius 1 is 1.48 bits per heavy atom. The highest BCUT2D eigenvalue weighted by Gasteiger charge is 2.36. The van der Waals surface area contributed by atoms with Crippen LogP contribution in [0.4, 0.5) is 5.69 Å². The third kappa shape index (κ3) is 3.69. The molecule has 1 aliphatic heterocycles. The zero-order valence-corrected chi connectivity index (χ0v) is 13.5. The molecule has 1 fully saturated rings. The molecule has 0 aliphatic carbocycles. The fourth-order valence-electron chi connectivity index (χ4n) is 2.27. The molecule has 0 spiro atoms. The van der Waals surface area contributed by atoms with Crippen molar-refractivity contribution >= 4 is 40.7 Å². The first-order valence-corrected chi connectivity index (χ1v) is 7.73. The van der Waals surface area contributed by atoms with E-state index in [0.717, 1.165) is 6.42 Å². The van der Waals surface area contributed by atoms with E-state index < -0.39 is 0 Å². The van der Waals surface area contributed by atoms with Crippen molar-refractivity contribution in [3.63, 3.8) is 0 Å². The van der Waals surface area contributed by atoms with E-state index in [0.29, 0.717) is 22.3 Å². The van der Waals surface area contributed by atoms with Gasteiger partial charge in [-0.1, -0.05) is 30.1 Å². The quantitative estimate of drug-likeness (QED) is 0.922. The molecule has 6 heteroatoms. The van der Waals surface area contributed by atoms with Gasteiger partial charge in [-0.2, -0.15) is 0 Å². The molecular weight excluding hydrogens is 311 g/mol. The van der Waals surface area contributed by atoms with Gasteiger partial charge in [-0.3, -0.25) is 9.59 Å². The smallest absolute Gasteiger partial charge is 0.227 e. The van der Waals surface area contributed by atoms with Crippen molar-refractivity contribution in [1.82, 2.24) is 5.32 Å². The molecule has 114 valence electrons. The third-order valence-electron chi connectivity index (χ3n) is 3.70. The van der Waals surface area contributed by atoms with Crippen LogP contribution in [0.15, 0.2) is 18.2 Å². The van der Waals surface area contributed by atoms with E-state index in [9.17, 15) is 9.59 Å². The van der Waals surface area contributed by atoms with Gasteiger partial charge in [0.15, 0.2) is 0 Å². The Balaban J connectivity index is 2.13. The van der Waals surface area contributed by atoms with Gasteiger partial charge < -0.3 is 10.2 Å². The zero-order chi connectivity index (χ0) is 15.6. The summed E-state index contributed by atoms with van der Waals surface area (Å²) in [5.41, 5.74) is 0.563. The normalized spacial score (nSPS) is 19.7. The standard InChI is InChI=1S/C15H18Cl2N2O2/c1-3-9(2)18-15(21)10-6-14(20)19(8-10)13-7-11(16)4-5-12(13)17/h4-5,7,9-10H,3,6,8H2,1-2H3,(H,18,21). The summed E-state index contributed by atoms with van der Waals surface area (Å²) >= 11 is 12.1. The molecule has 1 aromatic rings. The molecule has 2 rings (SSSR count). The predicted octanol–water partition coefficient (Wildman–Crippen LogP) is 3.26. The molecule has 1 heterocycles. The van der Waals surface area contributed by atoms with Crippen LogP contribution in [-0.2, 0) is 9.59 Å². The first-order chi connectivity index (χ1) is 9.92. The Morgan fingerprint density at radius 2 is 2.19 bits per heavy atom. The maximum atomic E-state index is 12.2. The van der Waals surface area contributed by atoms with Gasteiger partial charge in [-0.05, 0) is 31.5 Å². The first-order valence-electron chi connectivity index (χ1n) is 6.98. The number of nitrogens with one attached hydrogen (secondary N) is 1. The minimum atomic E-state index is -0.346. The molecule has 1 aromatic carbocycles. The molecule has 21 heavy (non-hydrogen) atoms. The number of carbonyl (C=O) groups excluding carboxylic acids is 2. The second-order valence-electron chi connectivity index (χ2n) is 5.32. The van der Waals surface area contributed by atoms with Gasteiger partial charge in [-0.25, -0.2) is 0 Å². The summed E-state index contributed by atoms with van der Waals surface area (Å²) in [5.74, 6) is -0.539.